The molecule has 0 aliphatic rings. The van der Waals surface area contributed by atoms with Gasteiger partial charge in [0.15, 0.2) is 6.04 Å². The van der Waals surface area contributed by atoms with Crippen molar-refractivity contribution in [1.29, 1.82) is 0 Å². The highest BCUT2D eigenvalue weighted by Crippen LogP contribution is 2.17. The molecule has 0 saturated carbocycles. The van der Waals surface area contributed by atoms with Crippen molar-refractivity contribution in [2.75, 3.05) is 6.61 Å². The molecule has 0 heterocycles. The van der Waals surface area contributed by atoms with Crippen LogP contribution in [0.1, 0.15) is 55.4 Å². The second-order valence-electron chi connectivity index (χ2n) is 7.46. The molecule has 1 atom stereocenters. The van der Waals surface area contributed by atoms with Crippen molar-refractivity contribution in [2.45, 2.75) is 77.0 Å². The third kappa shape index (κ3) is 9.85. The van der Waals surface area contributed by atoms with Crippen LogP contribution in [0.5, 0.6) is 0 Å². The number of carbonyl (C=O) groups is 2. The molecule has 0 aromatic carbocycles. The van der Waals surface area contributed by atoms with Crippen LogP contribution < -0.4 is 5.32 Å². The van der Waals surface area contributed by atoms with E-state index >= 15 is 0 Å². The molecule has 0 spiro atoms. The number of rotatable bonds is 5. The lowest BCUT2D eigenvalue weighted by atomic mass is 10.1. The van der Waals surface area contributed by atoms with E-state index in [1.165, 1.54) is 0 Å². The topological polar surface area (TPSA) is 64.6 Å². The van der Waals surface area contributed by atoms with Gasteiger partial charge in [0.05, 0.1) is 16.5 Å². The van der Waals surface area contributed by atoms with Crippen LogP contribution in [0.3, 0.4) is 0 Å². The Morgan fingerprint density at radius 2 is 1.48 bits per heavy atom. The molecule has 0 bridgehead atoms. The number of nitrogens with one attached hydrogen (secondary N) is 1. The maximum atomic E-state index is 12.2. The molecular formula is C15H28BrNO4. The fraction of sp³-hybridized carbons (Fsp3) is 0.867. The number of hydrogen-bond donors (Lipinski definition) is 1. The molecule has 0 aliphatic carbocycles. The Hall–Kier alpha value is -0.620. The lowest BCUT2D eigenvalue weighted by Gasteiger charge is -2.28. The van der Waals surface area contributed by atoms with E-state index in [-0.39, 0.29) is 12.5 Å². The van der Waals surface area contributed by atoms with Gasteiger partial charge in [-0.2, -0.15) is 0 Å². The molecule has 0 fully saturated rings. The summed E-state index contributed by atoms with van der Waals surface area (Å²) in [6.07, 6.45) is 0. The number of amides is 1. The normalized spacial score (nSPS) is 14.5. The number of hydrogen-bond acceptors (Lipinski definition) is 4. The summed E-state index contributed by atoms with van der Waals surface area (Å²) in [4.78, 5) is 24.3. The average Bonchev–Trinajstić information content (AvgIpc) is 2.18. The van der Waals surface area contributed by atoms with Gasteiger partial charge in [-0.1, -0.05) is 15.9 Å². The fourth-order valence-electron chi connectivity index (χ4n) is 1.20. The van der Waals surface area contributed by atoms with Crippen molar-refractivity contribution in [3.63, 3.8) is 0 Å². The molecule has 1 N–H and O–H groups in total. The van der Waals surface area contributed by atoms with Gasteiger partial charge in [0.1, 0.15) is 5.60 Å². The van der Waals surface area contributed by atoms with Crippen molar-refractivity contribution in [1.82, 2.24) is 5.32 Å². The van der Waals surface area contributed by atoms with Gasteiger partial charge >= 0.3 is 5.97 Å². The largest absolute Gasteiger partial charge is 0.458 e. The predicted molar refractivity (Wildman–Crippen MR) is 86.5 cm³/mol. The van der Waals surface area contributed by atoms with Gasteiger partial charge in [0.25, 0.3) is 0 Å². The average molecular weight is 366 g/mol. The van der Waals surface area contributed by atoms with E-state index in [1.54, 1.807) is 34.6 Å². The number of halogens is 1. The zero-order valence-corrected chi connectivity index (χ0v) is 15.9. The first-order chi connectivity index (χ1) is 9.12. The molecule has 5 nitrogen and oxygen atoms in total. The van der Waals surface area contributed by atoms with Crippen LogP contribution in [0.25, 0.3) is 0 Å². The molecule has 0 aromatic heterocycles. The molecular weight excluding hydrogens is 338 g/mol. The van der Waals surface area contributed by atoms with Crippen molar-refractivity contribution < 1.29 is 19.1 Å². The number of alkyl halides is 1. The molecule has 0 aliphatic heterocycles. The fourth-order valence-corrected chi connectivity index (χ4v) is 1.32. The van der Waals surface area contributed by atoms with E-state index < -0.39 is 27.5 Å². The SMILES string of the molecule is CC(C)(C)OC[C@H](NC(=O)C(C)(C)Br)C(=O)OC(C)(C)C. The summed E-state index contributed by atoms with van der Waals surface area (Å²) in [6.45, 7) is 14.5. The molecule has 1 amide bonds. The molecule has 0 saturated heterocycles. The van der Waals surface area contributed by atoms with Crippen molar-refractivity contribution in [3.05, 3.63) is 0 Å². The standard InChI is InChI=1S/C15H28BrNO4/c1-13(2,3)20-9-10(11(18)21-14(4,5)6)17-12(19)15(7,8)16/h10H,9H2,1-8H3,(H,17,19)/t10-/m0/s1. The Bertz CT molecular complexity index is 375. The van der Waals surface area contributed by atoms with Crippen molar-refractivity contribution >= 4 is 27.8 Å². The highest BCUT2D eigenvalue weighted by Gasteiger charge is 2.32. The van der Waals surface area contributed by atoms with Crippen LogP contribution in [0, 0.1) is 0 Å². The molecule has 21 heavy (non-hydrogen) atoms. The summed E-state index contributed by atoms with van der Waals surface area (Å²) in [5.74, 6) is -0.798. The van der Waals surface area contributed by atoms with Gasteiger partial charge in [-0.3, -0.25) is 4.79 Å². The Morgan fingerprint density at radius 1 is 1.00 bits per heavy atom. The highest BCUT2D eigenvalue weighted by molar-refractivity contribution is 9.10. The van der Waals surface area contributed by atoms with Gasteiger partial charge in [0, 0.05) is 0 Å². The summed E-state index contributed by atoms with van der Waals surface area (Å²) in [7, 11) is 0. The first kappa shape index (κ1) is 20.4. The Morgan fingerprint density at radius 3 is 1.81 bits per heavy atom. The second-order valence-corrected chi connectivity index (χ2v) is 9.44. The monoisotopic (exact) mass is 365 g/mol. The van der Waals surface area contributed by atoms with E-state index in [2.05, 4.69) is 21.2 Å². The first-order valence-corrected chi connectivity index (χ1v) is 7.78. The van der Waals surface area contributed by atoms with E-state index in [4.69, 9.17) is 9.47 Å². The van der Waals surface area contributed by atoms with Crippen LogP contribution in [0.4, 0.5) is 0 Å². The maximum Gasteiger partial charge on any atom is 0.331 e. The van der Waals surface area contributed by atoms with Crippen molar-refractivity contribution in [2.24, 2.45) is 0 Å². The summed E-state index contributed by atoms with van der Waals surface area (Å²) >= 11 is 3.27. The van der Waals surface area contributed by atoms with E-state index in [0.29, 0.717) is 0 Å². The summed E-state index contributed by atoms with van der Waals surface area (Å²) in [6, 6.07) is -0.840. The zero-order valence-electron chi connectivity index (χ0n) is 14.3. The molecule has 124 valence electrons. The zero-order chi connectivity index (χ0) is 17.1. The van der Waals surface area contributed by atoms with Crippen LogP contribution in [-0.4, -0.2) is 40.1 Å². The van der Waals surface area contributed by atoms with E-state index in [0.717, 1.165) is 0 Å². The van der Waals surface area contributed by atoms with Gasteiger partial charge in [0.2, 0.25) is 5.91 Å². The second kappa shape index (κ2) is 7.09. The first-order valence-electron chi connectivity index (χ1n) is 6.98. The molecule has 0 rings (SSSR count). The van der Waals surface area contributed by atoms with Gasteiger partial charge in [-0.05, 0) is 55.4 Å². The minimum Gasteiger partial charge on any atom is -0.458 e. The Kier molecular flexibility index (Phi) is 6.88. The molecule has 6 heteroatoms. The summed E-state index contributed by atoms with van der Waals surface area (Å²) < 4.78 is 10.2. The van der Waals surface area contributed by atoms with Crippen LogP contribution in [-0.2, 0) is 19.1 Å². The van der Waals surface area contributed by atoms with E-state index in [9.17, 15) is 9.59 Å². The Labute approximate surface area is 136 Å². The quantitative estimate of drug-likeness (QED) is 0.600. The van der Waals surface area contributed by atoms with Gasteiger partial charge < -0.3 is 14.8 Å². The minimum atomic E-state index is -0.840. The minimum absolute atomic E-state index is 0.0627. The summed E-state index contributed by atoms with van der Waals surface area (Å²) in [5.41, 5.74) is -1.03. The van der Waals surface area contributed by atoms with Crippen LogP contribution in [0.15, 0.2) is 0 Å². The highest BCUT2D eigenvalue weighted by atomic mass is 79.9. The lowest BCUT2D eigenvalue weighted by Crippen LogP contribution is -2.51. The predicted octanol–water partition coefficient (Wildman–Crippen LogP) is 2.80. The van der Waals surface area contributed by atoms with Gasteiger partial charge in [-0.25, -0.2) is 4.79 Å². The van der Waals surface area contributed by atoms with Crippen molar-refractivity contribution in [3.8, 4) is 0 Å². The molecule has 0 aromatic rings. The maximum absolute atomic E-state index is 12.2. The third-order valence-corrected chi connectivity index (χ3v) is 2.58. The smallest absolute Gasteiger partial charge is 0.331 e. The van der Waals surface area contributed by atoms with Crippen LogP contribution >= 0.6 is 15.9 Å². The molecule has 0 unspecified atom stereocenters. The Balaban J connectivity index is 4.93. The van der Waals surface area contributed by atoms with Gasteiger partial charge in [-0.15, -0.1) is 0 Å². The van der Waals surface area contributed by atoms with E-state index in [1.807, 2.05) is 20.8 Å². The number of esters is 1. The molecule has 0 radical (unpaired) electrons. The van der Waals surface area contributed by atoms with Crippen LogP contribution in [0.2, 0.25) is 0 Å². The summed E-state index contributed by atoms with van der Waals surface area (Å²) in [5, 5.41) is 2.67. The third-order valence-electron chi connectivity index (χ3n) is 2.22. The number of carbonyl (C=O) groups excluding carboxylic acids is 2. The number of ether oxygens (including phenoxy) is 2. The lowest BCUT2D eigenvalue weighted by molar-refractivity contribution is -0.162.